The van der Waals surface area contributed by atoms with Gasteiger partial charge in [-0.3, -0.25) is 10.7 Å². The standard InChI is InChI=1S/C22H25N2O2S/c1-4-5-10-26-15-8-6-14(7-9-15)19-16(13-23)21(27)24-17-11-22(2,3)12-18(25)20(17)19/h6-9,19H,4-5,10-12H2,1-3H3,(H,24,27)/q-1. The lowest BCUT2D eigenvalue weighted by molar-refractivity contribution is -0.118. The Hall–Kier alpha value is -2.23. The van der Waals surface area contributed by atoms with Gasteiger partial charge in [0.2, 0.25) is 0 Å². The van der Waals surface area contributed by atoms with Crippen molar-refractivity contribution >= 4 is 28.9 Å². The number of rotatable bonds is 5. The molecule has 1 aliphatic heterocycles. The van der Waals surface area contributed by atoms with Gasteiger partial charge in [0.05, 0.1) is 6.61 Å². The molecule has 1 N–H and O–H groups in total. The number of nitrogens with zero attached hydrogens (tertiary/aromatic N) is 1. The Kier molecular flexibility index (Phi) is 5.64. The van der Waals surface area contributed by atoms with E-state index in [1.165, 1.54) is 0 Å². The van der Waals surface area contributed by atoms with E-state index in [4.69, 9.17) is 17.0 Å². The zero-order chi connectivity index (χ0) is 19.6. The topological polar surface area (TPSA) is 60.6 Å². The first kappa shape index (κ1) is 19.5. The number of unbranched alkanes of at least 4 members (excludes halogenated alkanes) is 1. The number of carbonyl (C=O) groups excluding carboxylic acids is 1. The number of nitrogens with one attached hydrogen (secondary N) is 1. The van der Waals surface area contributed by atoms with Crippen molar-refractivity contribution < 1.29 is 9.53 Å². The first-order valence-corrected chi connectivity index (χ1v) is 9.84. The van der Waals surface area contributed by atoms with Gasteiger partial charge in [-0.15, -0.1) is 0 Å². The summed E-state index contributed by atoms with van der Waals surface area (Å²) in [4.78, 5) is 13.4. The first-order chi connectivity index (χ1) is 12.9. The molecule has 2 aliphatic rings. The van der Waals surface area contributed by atoms with Gasteiger partial charge in [0.25, 0.3) is 0 Å². The zero-order valence-electron chi connectivity index (χ0n) is 16.1. The monoisotopic (exact) mass is 381 g/mol. The quantitative estimate of drug-likeness (QED) is 0.348. The third-order valence-electron chi connectivity index (χ3n) is 5.11. The van der Waals surface area contributed by atoms with Crippen LogP contribution in [0.4, 0.5) is 0 Å². The summed E-state index contributed by atoms with van der Waals surface area (Å²) in [5, 5.41) is 12.9. The van der Waals surface area contributed by atoms with Gasteiger partial charge in [0, 0.05) is 29.2 Å². The number of benzene rings is 1. The van der Waals surface area contributed by atoms with E-state index < -0.39 is 5.92 Å². The molecule has 1 heterocycles. The Balaban J connectivity index is 1.99. The molecule has 142 valence electrons. The molecule has 1 unspecified atom stereocenters. The number of hydrogen-bond donors (Lipinski definition) is 1. The largest absolute Gasteiger partial charge is 0.763 e. The van der Waals surface area contributed by atoms with Crippen molar-refractivity contribution in [3.8, 4) is 5.75 Å². The van der Waals surface area contributed by atoms with Crippen LogP contribution in [0.1, 0.15) is 57.9 Å². The van der Waals surface area contributed by atoms with Gasteiger partial charge in [-0.05, 0) is 36.0 Å². The highest BCUT2D eigenvalue weighted by atomic mass is 32.1. The second-order valence-corrected chi connectivity index (χ2v) is 8.43. The minimum absolute atomic E-state index is 0.0947. The van der Waals surface area contributed by atoms with Crippen molar-refractivity contribution in [3.05, 3.63) is 52.1 Å². The smallest absolute Gasteiger partial charge is 0.162 e. The van der Waals surface area contributed by atoms with Crippen molar-refractivity contribution in [1.29, 1.82) is 0 Å². The second kappa shape index (κ2) is 7.79. The van der Waals surface area contributed by atoms with Gasteiger partial charge in [-0.25, -0.2) is 0 Å². The van der Waals surface area contributed by atoms with Crippen molar-refractivity contribution in [2.75, 3.05) is 6.61 Å². The van der Waals surface area contributed by atoms with E-state index in [0.29, 0.717) is 29.2 Å². The Labute approximate surface area is 166 Å². The van der Waals surface area contributed by atoms with E-state index in [1.807, 2.05) is 24.3 Å². The molecule has 4 nitrogen and oxygen atoms in total. The fraction of sp³-hybridized carbons (Fsp3) is 0.455. The molecule has 0 saturated carbocycles. The SMILES string of the molecule is CCCCOc1ccc(C2C(=C=[N-])C(=S)NC3=C2C(=O)CC(C)(C)C3)cc1. The van der Waals surface area contributed by atoms with Crippen molar-refractivity contribution in [2.24, 2.45) is 5.41 Å². The van der Waals surface area contributed by atoms with E-state index in [2.05, 4.69) is 32.0 Å². The van der Waals surface area contributed by atoms with Crippen LogP contribution in [0.5, 0.6) is 5.75 Å². The maximum atomic E-state index is 12.9. The van der Waals surface area contributed by atoms with Crippen LogP contribution in [0, 0.1) is 5.41 Å². The minimum Gasteiger partial charge on any atom is -0.763 e. The van der Waals surface area contributed by atoms with Gasteiger partial charge in [-0.1, -0.05) is 51.5 Å². The summed E-state index contributed by atoms with van der Waals surface area (Å²) in [6.07, 6.45) is 3.33. The molecule has 0 saturated heterocycles. The van der Waals surface area contributed by atoms with E-state index in [0.717, 1.165) is 36.3 Å². The van der Waals surface area contributed by atoms with Crippen molar-refractivity contribution in [1.82, 2.24) is 5.32 Å². The molecular formula is C22H25N2O2S-. The molecule has 0 fully saturated rings. The van der Waals surface area contributed by atoms with Crippen LogP contribution >= 0.6 is 12.2 Å². The number of ketones is 1. The van der Waals surface area contributed by atoms with Crippen LogP contribution in [0.3, 0.4) is 0 Å². The molecule has 3 rings (SSSR count). The van der Waals surface area contributed by atoms with Gasteiger partial charge in [0.15, 0.2) is 5.78 Å². The Morgan fingerprint density at radius 2 is 2.00 bits per heavy atom. The maximum Gasteiger partial charge on any atom is 0.162 e. The number of Topliss-reactive ketones (excluding diaryl/α,β-unsaturated/α-hetero) is 1. The molecule has 0 radical (unpaired) electrons. The molecule has 1 aromatic carbocycles. The second-order valence-electron chi connectivity index (χ2n) is 8.02. The number of carbonyl (C=O) groups is 1. The maximum absolute atomic E-state index is 12.9. The summed E-state index contributed by atoms with van der Waals surface area (Å²) in [6, 6.07) is 7.69. The third-order valence-corrected chi connectivity index (χ3v) is 5.43. The van der Waals surface area contributed by atoms with Gasteiger partial charge < -0.3 is 15.5 Å². The molecule has 1 aromatic rings. The molecule has 1 aliphatic carbocycles. The third kappa shape index (κ3) is 4.05. The lowest BCUT2D eigenvalue weighted by Crippen LogP contribution is -2.41. The van der Waals surface area contributed by atoms with Crippen LogP contribution in [0.2, 0.25) is 0 Å². The van der Waals surface area contributed by atoms with Crippen molar-refractivity contribution in [2.45, 2.75) is 52.4 Å². The summed E-state index contributed by atoms with van der Waals surface area (Å²) in [6.45, 7) is 6.98. The molecule has 0 spiro atoms. The van der Waals surface area contributed by atoms with Crippen LogP contribution < -0.4 is 10.1 Å². The Bertz CT molecular complexity index is 846. The zero-order valence-corrected chi connectivity index (χ0v) is 16.9. The number of thiocarbonyl (C=S) groups is 1. The summed E-state index contributed by atoms with van der Waals surface area (Å²) in [7, 11) is 0. The molecule has 0 aromatic heterocycles. The molecule has 0 amide bonds. The van der Waals surface area contributed by atoms with Crippen LogP contribution in [-0.2, 0) is 4.79 Å². The van der Waals surface area contributed by atoms with E-state index in [1.54, 1.807) is 0 Å². The van der Waals surface area contributed by atoms with Crippen LogP contribution in [-0.4, -0.2) is 23.2 Å². The Morgan fingerprint density at radius 1 is 1.30 bits per heavy atom. The fourth-order valence-corrected chi connectivity index (χ4v) is 4.09. The summed E-state index contributed by atoms with van der Waals surface area (Å²) in [5.41, 5.74) is 2.80. The van der Waals surface area contributed by atoms with Crippen molar-refractivity contribution in [3.63, 3.8) is 0 Å². The van der Waals surface area contributed by atoms with Crippen LogP contribution in [0.15, 0.2) is 41.1 Å². The average molecular weight is 382 g/mol. The fourth-order valence-electron chi connectivity index (χ4n) is 3.80. The lowest BCUT2D eigenvalue weighted by Gasteiger charge is -2.39. The summed E-state index contributed by atoms with van der Waals surface area (Å²) < 4.78 is 5.73. The molecule has 0 bridgehead atoms. The molecule has 5 heteroatoms. The minimum atomic E-state index is -0.396. The molecular weight excluding hydrogens is 356 g/mol. The number of allylic oxidation sites excluding steroid dienone is 2. The lowest BCUT2D eigenvalue weighted by atomic mass is 9.69. The van der Waals surface area contributed by atoms with E-state index in [9.17, 15) is 10.2 Å². The van der Waals surface area contributed by atoms with Crippen LogP contribution in [0.25, 0.3) is 5.41 Å². The van der Waals surface area contributed by atoms with Gasteiger partial charge in [-0.2, -0.15) is 0 Å². The van der Waals surface area contributed by atoms with E-state index >= 15 is 0 Å². The number of ether oxygens (including phenoxy) is 1. The average Bonchev–Trinajstić information content (AvgIpc) is 2.60. The summed E-state index contributed by atoms with van der Waals surface area (Å²) >= 11 is 5.44. The molecule has 1 atom stereocenters. The van der Waals surface area contributed by atoms with Gasteiger partial charge >= 0.3 is 0 Å². The van der Waals surface area contributed by atoms with Gasteiger partial charge in [0.1, 0.15) is 10.7 Å². The summed E-state index contributed by atoms with van der Waals surface area (Å²) in [5.74, 6) is 2.73. The Morgan fingerprint density at radius 3 is 2.63 bits per heavy atom. The highest BCUT2D eigenvalue weighted by Crippen LogP contribution is 2.45. The highest BCUT2D eigenvalue weighted by molar-refractivity contribution is 7.80. The highest BCUT2D eigenvalue weighted by Gasteiger charge is 2.41. The van der Waals surface area contributed by atoms with E-state index in [-0.39, 0.29) is 11.2 Å². The first-order valence-electron chi connectivity index (χ1n) is 9.43. The molecule has 27 heavy (non-hydrogen) atoms. The number of hydrogen-bond acceptors (Lipinski definition) is 3. The normalized spacial score (nSPS) is 21.4. The predicted molar refractivity (Wildman–Crippen MR) is 112 cm³/mol. The predicted octanol–water partition coefficient (Wildman–Crippen LogP) is 4.69.